The predicted octanol–water partition coefficient (Wildman–Crippen LogP) is 0.888. The molecule has 2 unspecified atom stereocenters. The second-order valence-electron chi connectivity index (χ2n) is 4.23. The molecule has 4 heteroatoms. The van der Waals surface area contributed by atoms with Gasteiger partial charge < -0.3 is 5.32 Å². The van der Waals surface area contributed by atoms with Gasteiger partial charge in [-0.3, -0.25) is 0 Å². The van der Waals surface area contributed by atoms with E-state index in [0.29, 0.717) is 12.1 Å². The fourth-order valence-corrected chi connectivity index (χ4v) is 2.13. The van der Waals surface area contributed by atoms with Gasteiger partial charge in [-0.2, -0.15) is 15.0 Å². The van der Waals surface area contributed by atoms with Crippen LogP contribution in [0.25, 0.3) is 0 Å². The van der Waals surface area contributed by atoms with Crippen LogP contribution in [0, 0.1) is 0 Å². The summed E-state index contributed by atoms with van der Waals surface area (Å²) < 4.78 is 0. The third-order valence-corrected chi connectivity index (χ3v) is 2.81. The van der Waals surface area contributed by atoms with Gasteiger partial charge in [-0.15, -0.1) is 0 Å². The molecule has 4 nitrogen and oxygen atoms in total. The van der Waals surface area contributed by atoms with E-state index in [1.807, 2.05) is 13.2 Å². The van der Waals surface area contributed by atoms with Crippen molar-refractivity contribution in [1.29, 1.82) is 0 Å². The largest absolute Gasteiger partial charge is 0.311 e. The fourth-order valence-electron chi connectivity index (χ4n) is 2.13. The number of aromatic nitrogens is 3. The van der Waals surface area contributed by atoms with Crippen LogP contribution in [0.3, 0.4) is 0 Å². The third-order valence-electron chi connectivity index (χ3n) is 2.81. The van der Waals surface area contributed by atoms with Crippen molar-refractivity contribution < 1.29 is 0 Å². The van der Waals surface area contributed by atoms with Gasteiger partial charge in [0.05, 0.1) is 11.9 Å². The van der Waals surface area contributed by atoms with E-state index in [0.717, 1.165) is 12.1 Å². The van der Waals surface area contributed by atoms with Crippen molar-refractivity contribution in [2.45, 2.75) is 44.7 Å². The summed E-state index contributed by atoms with van der Waals surface area (Å²) in [7, 11) is 1.86. The minimum Gasteiger partial charge on any atom is -0.311 e. The number of aryl methyl sites for hydroxylation is 1. The first-order chi connectivity index (χ1) is 6.74. The van der Waals surface area contributed by atoms with Crippen molar-refractivity contribution in [2.24, 2.45) is 7.05 Å². The van der Waals surface area contributed by atoms with Gasteiger partial charge in [0.15, 0.2) is 0 Å². The number of hydrogen-bond donors (Lipinski definition) is 1. The maximum atomic E-state index is 4.30. The van der Waals surface area contributed by atoms with E-state index < -0.39 is 0 Å². The Kier molecular flexibility index (Phi) is 2.82. The topological polar surface area (TPSA) is 42.7 Å². The molecule has 14 heavy (non-hydrogen) atoms. The number of nitrogens with one attached hydrogen (secondary N) is 1. The highest BCUT2D eigenvalue weighted by molar-refractivity contribution is 4.96. The lowest BCUT2D eigenvalue weighted by atomic mass is 9.97. The summed E-state index contributed by atoms with van der Waals surface area (Å²) in [5, 5.41) is 12.0. The molecule has 1 aromatic heterocycles. The number of nitrogens with zero attached hydrogens (tertiary/aromatic N) is 3. The first-order valence-corrected chi connectivity index (χ1v) is 5.35. The average molecular weight is 194 g/mol. The number of piperidine rings is 1. The Morgan fingerprint density at radius 3 is 3.07 bits per heavy atom. The van der Waals surface area contributed by atoms with Gasteiger partial charge in [-0.25, -0.2) is 0 Å². The normalized spacial score (nSPS) is 27.9. The molecule has 2 heterocycles. The molecule has 1 aliphatic rings. The molecule has 0 bridgehead atoms. The summed E-state index contributed by atoms with van der Waals surface area (Å²) in [6, 6.07) is 1.25. The summed E-state index contributed by atoms with van der Waals surface area (Å²) >= 11 is 0. The second-order valence-corrected chi connectivity index (χ2v) is 4.23. The molecule has 2 rings (SSSR count). The maximum absolute atomic E-state index is 4.30. The van der Waals surface area contributed by atoms with Gasteiger partial charge in [-0.05, 0) is 19.8 Å². The average Bonchev–Trinajstić information content (AvgIpc) is 2.51. The third kappa shape index (κ3) is 2.32. The molecular formula is C10H18N4. The Morgan fingerprint density at radius 1 is 1.57 bits per heavy atom. The van der Waals surface area contributed by atoms with E-state index in [9.17, 15) is 0 Å². The van der Waals surface area contributed by atoms with Crippen molar-refractivity contribution in [2.75, 3.05) is 0 Å². The van der Waals surface area contributed by atoms with Crippen LogP contribution in [0.4, 0.5) is 0 Å². The van der Waals surface area contributed by atoms with Crippen LogP contribution in [0.5, 0.6) is 0 Å². The van der Waals surface area contributed by atoms with Gasteiger partial charge in [0.1, 0.15) is 0 Å². The molecule has 1 aliphatic heterocycles. The van der Waals surface area contributed by atoms with Gasteiger partial charge in [0, 0.05) is 25.6 Å². The van der Waals surface area contributed by atoms with Gasteiger partial charge in [0.25, 0.3) is 0 Å². The van der Waals surface area contributed by atoms with Crippen molar-refractivity contribution >= 4 is 0 Å². The molecule has 1 N–H and O–H groups in total. The summed E-state index contributed by atoms with van der Waals surface area (Å²) in [5.74, 6) is 0. The maximum Gasteiger partial charge on any atom is 0.0842 e. The fraction of sp³-hybridized carbons (Fsp3) is 0.800. The van der Waals surface area contributed by atoms with Gasteiger partial charge in [0.2, 0.25) is 0 Å². The molecule has 1 saturated heterocycles. The molecule has 0 radical (unpaired) electrons. The van der Waals surface area contributed by atoms with Crippen LogP contribution in [-0.4, -0.2) is 27.1 Å². The summed E-state index contributed by atoms with van der Waals surface area (Å²) in [6.45, 7) is 2.25. The highest BCUT2D eigenvalue weighted by Gasteiger charge is 2.18. The van der Waals surface area contributed by atoms with Crippen LogP contribution >= 0.6 is 0 Å². The zero-order valence-corrected chi connectivity index (χ0v) is 8.90. The highest BCUT2D eigenvalue weighted by atomic mass is 15.4. The number of rotatable bonds is 2. The molecule has 0 aliphatic carbocycles. The minimum absolute atomic E-state index is 0.593. The van der Waals surface area contributed by atoms with E-state index in [2.05, 4.69) is 22.4 Å². The second kappa shape index (κ2) is 4.09. The van der Waals surface area contributed by atoms with Crippen molar-refractivity contribution in [3.8, 4) is 0 Å². The molecule has 1 aromatic rings. The van der Waals surface area contributed by atoms with E-state index in [1.54, 1.807) is 4.80 Å². The van der Waals surface area contributed by atoms with E-state index >= 15 is 0 Å². The van der Waals surface area contributed by atoms with Crippen LogP contribution < -0.4 is 5.32 Å². The smallest absolute Gasteiger partial charge is 0.0842 e. The van der Waals surface area contributed by atoms with Gasteiger partial charge >= 0.3 is 0 Å². The predicted molar refractivity (Wildman–Crippen MR) is 54.9 cm³/mol. The Labute approximate surface area is 84.7 Å². The molecule has 78 valence electrons. The van der Waals surface area contributed by atoms with E-state index in [1.165, 1.54) is 19.3 Å². The zero-order chi connectivity index (χ0) is 9.97. The standard InChI is InChI=1S/C10H18N4/c1-8-4-3-5-9(12-8)6-10-7-11-14(2)13-10/h7-9,12H,3-6H2,1-2H3. The van der Waals surface area contributed by atoms with Crippen LogP contribution in [0.2, 0.25) is 0 Å². The molecule has 2 atom stereocenters. The first-order valence-electron chi connectivity index (χ1n) is 5.35. The van der Waals surface area contributed by atoms with Crippen molar-refractivity contribution in [3.05, 3.63) is 11.9 Å². The van der Waals surface area contributed by atoms with Crippen LogP contribution in [-0.2, 0) is 13.5 Å². The zero-order valence-electron chi connectivity index (χ0n) is 8.90. The SMILES string of the molecule is CC1CCCC(Cc2cnn(C)n2)N1. The summed E-state index contributed by atoms with van der Waals surface area (Å²) in [6.07, 6.45) is 6.77. The molecule has 1 fully saturated rings. The lowest BCUT2D eigenvalue weighted by Gasteiger charge is -2.28. The molecule has 0 saturated carbocycles. The quantitative estimate of drug-likeness (QED) is 0.760. The number of hydrogen-bond acceptors (Lipinski definition) is 3. The van der Waals surface area contributed by atoms with Crippen LogP contribution in [0.1, 0.15) is 31.9 Å². The first kappa shape index (κ1) is 9.65. The van der Waals surface area contributed by atoms with Crippen molar-refractivity contribution in [1.82, 2.24) is 20.3 Å². The Morgan fingerprint density at radius 2 is 2.43 bits per heavy atom. The summed E-state index contributed by atoms with van der Waals surface area (Å²) in [5.41, 5.74) is 1.10. The van der Waals surface area contributed by atoms with E-state index in [4.69, 9.17) is 0 Å². The molecular weight excluding hydrogens is 176 g/mol. The highest BCUT2D eigenvalue weighted by Crippen LogP contribution is 2.14. The minimum atomic E-state index is 0.593. The molecule has 0 spiro atoms. The monoisotopic (exact) mass is 194 g/mol. The lowest BCUT2D eigenvalue weighted by Crippen LogP contribution is -2.41. The lowest BCUT2D eigenvalue weighted by molar-refractivity contribution is 0.331. The molecule has 0 amide bonds. The Bertz CT molecular complexity index is 294. The summed E-state index contributed by atoms with van der Waals surface area (Å²) in [4.78, 5) is 1.63. The van der Waals surface area contributed by atoms with Crippen molar-refractivity contribution in [3.63, 3.8) is 0 Å². The van der Waals surface area contributed by atoms with Gasteiger partial charge in [-0.1, -0.05) is 6.42 Å². The Hall–Kier alpha value is -0.900. The Balaban J connectivity index is 1.90. The van der Waals surface area contributed by atoms with Crippen LogP contribution in [0.15, 0.2) is 6.20 Å². The van der Waals surface area contributed by atoms with E-state index in [-0.39, 0.29) is 0 Å². The molecule has 0 aromatic carbocycles.